The molecule has 1 nitrogen and oxygen atoms in total. The predicted molar refractivity (Wildman–Crippen MR) is 90.4 cm³/mol. The summed E-state index contributed by atoms with van der Waals surface area (Å²) in [4.78, 5) is 0. The van der Waals surface area contributed by atoms with E-state index < -0.39 is 0 Å². The van der Waals surface area contributed by atoms with Crippen molar-refractivity contribution in [2.75, 3.05) is 13.6 Å². The molecule has 0 aromatic heterocycles. The van der Waals surface area contributed by atoms with Crippen molar-refractivity contribution in [2.45, 2.75) is 12.8 Å². The number of hydrogen-bond acceptors (Lipinski definition) is 1. The third-order valence-corrected chi connectivity index (χ3v) is 4.26. The van der Waals surface area contributed by atoms with Gasteiger partial charge in [-0.1, -0.05) is 29.8 Å². The van der Waals surface area contributed by atoms with Gasteiger partial charge in [0.1, 0.15) is 5.82 Å². The topological polar surface area (TPSA) is 12.0 Å². The van der Waals surface area contributed by atoms with E-state index in [-0.39, 0.29) is 5.82 Å². The first-order valence-corrected chi connectivity index (χ1v) is 8.08. The van der Waals surface area contributed by atoms with Gasteiger partial charge in [-0.3, -0.25) is 0 Å². The number of hydrogen-bond donors (Lipinski definition) is 1. The summed E-state index contributed by atoms with van der Waals surface area (Å²) < 4.78 is 13.8. The number of halogens is 3. The third-order valence-electron chi connectivity index (χ3n) is 3.41. The van der Waals surface area contributed by atoms with Gasteiger partial charge in [-0.25, -0.2) is 4.39 Å². The van der Waals surface area contributed by atoms with Crippen LogP contribution in [-0.4, -0.2) is 13.6 Å². The molecule has 0 fully saturated rings. The van der Waals surface area contributed by atoms with Crippen molar-refractivity contribution in [1.29, 1.82) is 0 Å². The monoisotopic (exact) mass is 369 g/mol. The molecule has 0 aliphatic heterocycles. The maximum Gasteiger partial charge on any atom is 0.137 e. The molecule has 2 aromatic carbocycles. The zero-order valence-corrected chi connectivity index (χ0v) is 14.2. The summed E-state index contributed by atoms with van der Waals surface area (Å²) in [7, 11) is 1.95. The first-order valence-electron chi connectivity index (χ1n) is 6.91. The Labute approximate surface area is 138 Å². The average molecular weight is 371 g/mol. The van der Waals surface area contributed by atoms with Crippen molar-refractivity contribution in [3.05, 3.63) is 68.9 Å². The summed E-state index contributed by atoms with van der Waals surface area (Å²) in [6.07, 6.45) is 1.84. The summed E-state index contributed by atoms with van der Waals surface area (Å²) in [5.41, 5.74) is 2.36. The zero-order chi connectivity index (χ0) is 15.2. The van der Waals surface area contributed by atoms with Crippen LogP contribution in [-0.2, 0) is 12.8 Å². The molecule has 0 saturated heterocycles. The fourth-order valence-corrected chi connectivity index (χ4v) is 3.14. The van der Waals surface area contributed by atoms with E-state index in [0.717, 1.165) is 30.0 Å². The standard InChI is InChI=1S/C17H18BrClFN/c1-21-11-14(7-12-3-2-4-15(19)9-12)8-13-5-6-17(20)16(18)10-13/h2-6,9-10,14,21H,7-8,11H2,1H3. The van der Waals surface area contributed by atoms with Crippen LogP contribution in [0.1, 0.15) is 11.1 Å². The third kappa shape index (κ3) is 5.10. The van der Waals surface area contributed by atoms with Gasteiger partial charge < -0.3 is 5.32 Å². The van der Waals surface area contributed by atoms with E-state index in [1.54, 1.807) is 0 Å². The lowest BCUT2D eigenvalue weighted by Gasteiger charge is -2.17. The normalized spacial score (nSPS) is 12.4. The Hall–Kier alpha value is -0.900. The van der Waals surface area contributed by atoms with Crippen LogP contribution >= 0.6 is 27.5 Å². The van der Waals surface area contributed by atoms with E-state index in [1.807, 2.05) is 37.4 Å². The molecule has 112 valence electrons. The average Bonchev–Trinajstić information content (AvgIpc) is 2.43. The summed E-state index contributed by atoms with van der Waals surface area (Å²) in [5.74, 6) is 0.213. The molecule has 0 aliphatic rings. The Morgan fingerprint density at radius 2 is 1.86 bits per heavy atom. The molecule has 2 rings (SSSR count). The Kier molecular flexibility index (Phi) is 6.22. The number of nitrogens with one attached hydrogen (secondary N) is 1. The Morgan fingerprint density at radius 1 is 1.14 bits per heavy atom. The van der Waals surface area contributed by atoms with Crippen molar-refractivity contribution >= 4 is 27.5 Å². The lowest BCUT2D eigenvalue weighted by atomic mass is 9.92. The molecular weight excluding hydrogens is 353 g/mol. The van der Waals surface area contributed by atoms with Crippen LogP contribution in [0.25, 0.3) is 0 Å². The summed E-state index contributed by atoms with van der Waals surface area (Å²) in [6.45, 7) is 0.904. The van der Waals surface area contributed by atoms with Gasteiger partial charge in [0.25, 0.3) is 0 Å². The second-order valence-electron chi connectivity index (χ2n) is 5.21. The minimum atomic E-state index is -0.223. The predicted octanol–water partition coefficient (Wildman–Crippen LogP) is 4.86. The molecule has 2 aromatic rings. The molecule has 4 heteroatoms. The Balaban J connectivity index is 2.09. The van der Waals surface area contributed by atoms with Gasteiger partial charge in [-0.2, -0.15) is 0 Å². The summed E-state index contributed by atoms with van der Waals surface area (Å²) in [5, 5.41) is 3.99. The highest BCUT2D eigenvalue weighted by molar-refractivity contribution is 9.10. The molecule has 0 heterocycles. The van der Waals surface area contributed by atoms with Crippen molar-refractivity contribution in [3.8, 4) is 0 Å². The molecule has 1 unspecified atom stereocenters. The molecule has 0 aliphatic carbocycles. The fourth-order valence-electron chi connectivity index (χ4n) is 2.50. The Morgan fingerprint density at radius 3 is 2.48 bits per heavy atom. The smallest absolute Gasteiger partial charge is 0.137 e. The van der Waals surface area contributed by atoms with E-state index in [0.29, 0.717) is 10.4 Å². The van der Waals surface area contributed by atoms with E-state index in [4.69, 9.17) is 11.6 Å². The van der Waals surface area contributed by atoms with Crippen LogP contribution in [0.5, 0.6) is 0 Å². The van der Waals surface area contributed by atoms with Gasteiger partial charge in [-0.15, -0.1) is 0 Å². The quantitative estimate of drug-likeness (QED) is 0.765. The van der Waals surface area contributed by atoms with Crippen molar-refractivity contribution < 1.29 is 4.39 Å². The van der Waals surface area contributed by atoms with Gasteiger partial charge in [0.2, 0.25) is 0 Å². The first kappa shape index (κ1) is 16.5. The SMILES string of the molecule is CNCC(Cc1cccc(Cl)c1)Cc1ccc(F)c(Br)c1. The van der Waals surface area contributed by atoms with Crippen LogP contribution in [0.3, 0.4) is 0 Å². The fraction of sp³-hybridized carbons (Fsp3) is 0.294. The molecule has 0 radical (unpaired) electrons. The molecule has 1 N–H and O–H groups in total. The van der Waals surface area contributed by atoms with Crippen molar-refractivity contribution in [3.63, 3.8) is 0 Å². The minimum Gasteiger partial charge on any atom is -0.319 e. The molecule has 0 spiro atoms. The highest BCUT2D eigenvalue weighted by Crippen LogP contribution is 2.21. The van der Waals surface area contributed by atoms with Crippen molar-refractivity contribution in [2.24, 2.45) is 5.92 Å². The van der Waals surface area contributed by atoms with Gasteiger partial charge in [0, 0.05) is 5.02 Å². The van der Waals surface area contributed by atoms with Crippen LogP contribution < -0.4 is 5.32 Å². The highest BCUT2D eigenvalue weighted by atomic mass is 79.9. The van der Waals surface area contributed by atoms with Crippen LogP contribution in [0.15, 0.2) is 46.9 Å². The summed E-state index contributed by atoms with van der Waals surface area (Å²) >= 11 is 9.28. The van der Waals surface area contributed by atoms with E-state index >= 15 is 0 Å². The number of rotatable bonds is 6. The van der Waals surface area contributed by atoms with Gasteiger partial charge in [-0.05, 0) is 83.7 Å². The molecular formula is C17H18BrClFN. The van der Waals surface area contributed by atoms with Crippen LogP contribution in [0.4, 0.5) is 4.39 Å². The largest absolute Gasteiger partial charge is 0.319 e. The first-order chi connectivity index (χ1) is 10.1. The van der Waals surface area contributed by atoms with E-state index in [1.165, 1.54) is 11.6 Å². The van der Waals surface area contributed by atoms with Gasteiger partial charge >= 0.3 is 0 Å². The van der Waals surface area contributed by atoms with Gasteiger partial charge in [0.05, 0.1) is 4.47 Å². The molecule has 0 bridgehead atoms. The molecule has 1 atom stereocenters. The maximum atomic E-state index is 13.3. The zero-order valence-electron chi connectivity index (χ0n) is 11.9. The van der Waals surface area contributed by atoms with Crippen molar-refractivity contribution in [1.82, 2.24) is 5.32 Å². The van der Waals surface area contributed by atoms with E-state index in [9.17, 15) is 4.39 Å². The summed E-state index contributed by atoms with van der Waals surface area (Å²) in [6, 6.07) is 13.2. The second-order valence-corrected chi connectivity index (χ2v) is 6.50. The molecule has 0 saturated carbocycles. The van der Waals surface area contributed by atoms with Crippen LogP contribution in [0.2, 0.25) is 5.02 Å². The van der Waals surface area contributed by atoms with Gasteiger partial charge in [0.15, 0.2) is 0 Å². The highest BCUT2D eigenvalue weighted by Gasteiger charge is 2.11. The lowest BCUT2D eigenvalue weighted by Crippen LogP contribution is -2.22. The van der Waals surface area contributed by atoms with E-state index in [2.05, 4.69) is 27.3 Å². The second kappa shape index (κ2) is 7.92. The van der Waals surface area contributed by atoms with Crippen LogP contribution in [0, 0.1) is 11.7 Å². The number of benzene rings is 2. The minimum absolute atomic E-state index is 0.223. The molecule has 21 heavy (non-hydrogen) atoms. The Bertz CT molecular complexity index is 603. The lowest BCUT2D eigenvalue weighted by molar-refractivity contribution is 0.492. The maximum absolute atomic E-state index is 13.3. The molecule has 0 amide bonds.